The molecule has 0 bridgehead atoms. The molecule has 1 aliphatic rings. The molecular formula is C15H18N2O. The van der Waals surface area contributed by atoms with E-state index >= 15 is 0 Å². The first-order valence-corrected chi connectivity index (χ1v) is 6.21. The van der Waals surface area contributed by atoms with Crippen molar-refractivity contribution in [2.75, 3.05) is 13.1 Å². The van der Waals surface area contributed by atoms with Gasteiger partial charge in [-0.05, 0) is 30.4 Å². The van der Waals surface area contributed by atoms with Gasteiger partial charge in [-0.1, -0.05) is 30.9 Å². The number of nitrogens with one attached hydrogen (secondary N) is 1. The fraction of sp³-hybridized carbons (Fsp3) is 0.400. The maximum atomic E-state index is 12.1. The van der Waals surface area contributed by atoms with Gasteiger partial charge in [0.1, 0.15) is 0 Å². The number of carbonyl (C=O) groups is 1. The molecule has 3 nitrogen and oxygen atoms in total. The van der Waals surface area contributed by atoms with Crippen molar-refractivity contribution in [1.29, 1.82) is 0 Å². The van der Waals surface area contributed by atoms with Crippen molar-refractivity contribution in [1.82, 2.24) is 5.32 Å². The highest BCUT2D eigenvalue weighted by Crippen LogP contribution is 2.44. The van der Waals surface area contributed by atoms with Gasteiger partial charge in [0.05, 0.1) is 12.1 Å². The first-order chi connectivity index (χ1) is 8.64. The van der Waals surface area contributed by atoms with Crippen LogP contribution in [0.2, 0.25) is 0 Å². The normalized spacial score (nSPS) is 15.4. The van der Waals surface area contributed by atoms with Crippen LogP contribution in [0, 0.1) is 17.3 Å². The van der Waals surface area contributed by atoms with Gasteiger partial charge in [0.2, 0.25) is 0 Å². The van der Waals surface area contributed by atoms with E-state index in [-0.39, 0.29) is 5.91 Å². The predicted molar refractivity (Wildman–Crippen MR) is 72.0 cm³/mol. The third-order valence-electron chi connectivity index (χ3n) is 3.28. The monoisotopic (exact) mass is 242 g/mol. The molecule has 0 unspecified atom stereocenters. The van der Waals surface area contributed by atoms with Gasteiger partial charge in [-0.2, -0.15) is 0 Å². The van der Waals surface area contributed by atoms with E-state index in [9.17, 15) is 4.79 Å². The number of hydrogen-bond acceptors (Lipinski definition) is 2. The molecule has 1 aromatic rings. The molecule has 0 atom stereocenters. The Bertz CT molecular complexity index is 507. The lowest BCUT2D eigenvalue weighted by atomic mass is 10.1. The van der Waals surface area contributed by atoms with Crippen LogP contribution in [-0.4, -0.2) is 19.0 Å². The lowest BCUT2D eigenvalue weighted by Crippen LogP contribution is -2.29. The number of rotatable bonds is 3. The molecule has 1 saturated carbocycles. The quantitative estimate of drug-likeness (QED) is 0.790. The molecule has 94 valence electrons. The Morgan fingerprint density at radius 3 is 2.83 bits per heavy atom. The van der Waals surface area contributed by atoms with Crippen molar-refractivity contribution in [2.45, 2.75) is 19.8 Å². The molecular weight excluding hydrogens is 224 g/mol. The minimum absolute atomic E-state index is 0.0509. The summed E-state index contributed by atoms with van der Waals surface area (Å²) in [5.41, 5.74) is 7.03. The van der Waals surface area contributed by atoms with Crippen molar-refractivity contribution >= 4 is 5.91 Å². The average Bonchev–Trinajstić information content (AvgIpc) is 3.12. The second-order valence-electron chi connectivity index (χ2n) is 5.04. The van der Waals surface area contributed by atoms with Crippen molar-refractivity contribution in [2.24, 2.45) is 11.1 Å². The number of amides is 1. The van der Waals surface area contributed by atoms with Crippen LogP contribution >= 0.6 is 0 Å². The van der Waals surface area contributed by atoms with Gasteiger partial charge in [-0.3, -0.25) is 4.79 Å². The average molecular weight is 242 g/mol. The molecule has 0 aromatic heterocycles. The molecule has 1 aromatic carbocycles. The first kappa shape index (κ1) is 12.7. The third kappa shape index (κ3) is 3.12. The van der Waals surface area contributed by atoms with Gasteiger partial charge >= 0.3 is 0 Å². The Hall–Kier alpha value is -1.79. The zero-order valence-electron chi connectivity index (χ0n) is 10.6. The van der Waals surface area contributed by atoms with Crippen molar-refractivity contribution < 1.29 is 4.79 Å². The highest BCUT2D eigenvalue weighted by atomic mass is 16.1. The fourth-order valence-corrected chi connectivity index (χ4v) is 1.72. The van der Waals surface area contributed by atoms with Crippen LogP contribution in [0.3, 0.4) is 0 Å². The van der Waals surface area contributed by atoms with Crippen molar-refractivity contribution in [3.63, 3.8) is 0 Å². The van der Waals surface area contributed by atoms with Gasteiger partial charge in [0.15, 0.2) is 0 Å². The number of carbonyl (C=O) groups excluding carboxylic acids is 1. The SMILES string of the molecule is CC1(CNC(=O)c2ccccc2C#CCN)CC1. The van der Waals surface area contributed by atoms with Gasteiger partial charge < -0.3 is 11.1 Å². The maximum absolute atomic E-state index is 12.1. The lowest BCUT2D eigenvalue weighted by Gasteiger charge is -2.10. The first-order valence-electron chi connectivity index (χ1n) is 6.21. The summed E-state index contributed by atoms with van der Waals surface area (Å²) >= 11 is 0. The summed E-state index contributed by atoms with van der Waals surface area (Å²) in [5, 5.41) is 2.98. The Morgan fingerprint density at radius 2 is 2.17 bits per heavy atom. The summed E-state index contributed by atoms with van der Waals surface area (Å²) < 4.78 is 0. The molecule has 1 aliphatic carbocycles. The largest absolute Gasteiger partial charge is 0.351 e. The van der Waals surface area contributed by atoms with Crippen LogP contribution in [0.15, 0.2) is 24.3 Å². The van der Waals surface area contributed by atoms with E-state index < -0.39 is 0 Å². The Morgan fingerprint density at radius 1 is 1.44 bits per heavy atom. The Labute approximate surface area is 108 Å². The zero-order valence-corrected chi connectivity index (χ0v) is 10.6. The summed E-state index contributed by atoms with van der Waals surface area (Å²) in [4.78, 5) is 12.1. The van der Waals surface area contributed by atoms with Crippen LogP contribution < -0.4 is 11.1 Å². The van der Waals surface area contributed by atoms with Gasteiger partial charge in [-0.25, -0.2) is 0 Å². The molecule has 1 fully saturated rings. The van der Waals surface area contributed by atoms with Crippen LogP contribution in [0.5, 0.6) is 0 Å². The fourth-order valence-electron chi connectivity index (χ4n) is 1.72. The summed E-state index contributed by atoms with van der Waals surface area (Å²) in [6, 6.07) is 7.36. The highest BCUT2D eigenvalue weighted by Gasteiger charge is 2.37. The Kier molecular flexibility index (Phi) is 3.69. The van der Waals surface area contributed by atoms with Gasteiger partial charge in [0, 0.05) is 12.1 Å². The second kappa shape index (κ2) is 5.24. The van der Waals surface area contributed by atoms with Crippen molar-refractivity contribution in [3.05, 3.63) is 35.4 Å². The van der Waals surface area contributed by atoms with E-state index in [0.29, 0.717) is 17.5 Å². The summed E-state index contributed by atoms with van der Waals surface area (Å²) in [6.07, 6.45) is 2.39. The lowest BCUT2D eigenvalue weighted by molar-refractivity contribution is 0.0946. The molecule has 2 rings (SSSR count). The van der Waals surface area contributed by atoms with Crippen LogP contribution in [0.1, 0.15) is 35.7 Å². The van der Waals surface area contributed by atoms with E-state index in [1.54, 1.807) is 6.07 Å². The maximum Gasteiger partial charge on any atom is 0.252 e. The number of hydrogen-bond donors (Lipinski definition) is 2. The van der Waals surface area contributed by atoms with Gasteiger partial charge in [0.25, 0.3) is 5.91 Å². The van der Waals surface area contributed by atoms with E-state index in [4.69, 9.17) is 5.73 Å². The summed E-state index contributed by atoms with van der Waals surface area (Å²) in [6.45, 7) is 3.23. The minimum Gasteiger partial charge on any atom is -0.351 e. The molecule has 3 N–H and O–H groups in total. The summed E-state index contributed by atoms with van der Waals surface area (Å²) in [5.74, 6) is 5.66. The molecule has 1 amide bonds. The van der Waals surface area contributed by atoms with E-state index in [2.05, 4.69) is 24.1 Å². The highest BCUT2D eigenvalue weighted by molar-refractivity contribution is 5.96. The molecule has 3 heteroatoms. The van der Waals surface area contributed by atoms with Crippen LogP contribution in [0.25, 0.3) is 0 Å². The van der Waals surface area contributed by atoms with Crippen molar-refractivity contribution in [3.8, 4) is 11.8 Å². The molecule has 0 spiro atoms. The third-order valence-corrected chi connectivity index (χ3v) is 3.28. The minimum atomic E-state index is -0.0509. The smallest absolute Gasteiger partial charge is 0.252 e. The topological polar surface area (TPSA) is 55.1 Å². The number of nitrogens with two attached hydrogens (primary N) is 1. The molecule has 0 heterocycles. The standard InChI is InChI=1S/C15H18N2O/c1-15(8-9-15)11-17-14(18)13-7-3-2-5-12(13)6-4-10-16/h2-3,5,7H,8-11,16H2,1H3,(H,17,18). The van der Waals surface area contributed by atoms with Gasteiger partial charge in [-0.15, -0.1) is 0 Å². The molecule has 0 aliphatic heterocycles. The van der Waals surface area contributed by atoms with E-state index in [1.807, 2.05) is 18.2 Å². The summed E-state index contributed by atoms with van der Waals surface area (Å²) in [7, 11) is 0. The second-order valence-corrected chi connectivity index (χ2v) is 5.04. The predicted octanol–water partition coefficient (Wildman–Crippen LogP) is 1.53. The van der Waals surface area contributed by atoms with E-state index in [0.717, 1.165) is 12.1 Å². The zero-order chi connectivity index (χ0) is 13.0. The molecule has 18 heavy (non-hydrogen) atoms. The Balaban J connectivity index is 2.08. The van der Waals surface area contributed by atoms with E-state index in [1.165, 1.54) is 12.8 Å². The molecule has 0 saturated heterocycles. The molecule has 0 radical (unpaired) electrons. The van der Waals surface area contributed by atoms with Crippen LogP contribution in [0.4, 0.5) is 0 Å². The number of benzene rings is 1. The van der Waals surface area contributed by atoms with Crippen LogP contribution in [-0.2, 0) is 0 Å².